The third-order valence-electron chi connectivity index (χ3n) is 4.22. The zero-order valence-corrected chi connectivity index (χ0v) is 16.5. The number of nitrogens with zero attached hydrogens (tertiary/aromatic N) is 3. The van der Waals surface area contributed by atoms with Gasteiger partial charge in [-0.1, -0.05) is 12.1 Å². The number of thioether (sulfide) groups is 1. The first-order chi connectivity index (χ1) is 13.2. The molecule has 0 aliphatic heterocycles. The van der Waals surface area contributed by atoms with Crippen LogP contribution in [0.4, 0.5) is 0 Å². The summed E-state index contributed by atoms with van der Waals surface area (Å²) in [6.07, 6.45) is 4.06. The Kier molecular flexibility index (Phi) is 5.27. The van der Waals surface area contributed by atoms with Gasteiger partial charge in [-0.3, -0.25) is 4.79 Å². The second-order valence-electron chi connectivity index (χ2n) is 6.25. The molecule has 27 heavy (non-hydrogen) atoms. The maximum Gasteiger partial charge on any atom is 0.253 e. The standard InChI is InChI=1S/C21H19N3OS2/c1-23(14-19-5-4-12-26-19)21(25)16-7-9-18(10-8-16)27-15-17-13-24-11-3-2-6-20(24)22-17/h2-13H,14-15H2,1H3. The smallest absolute Gasteiger partial charge is 0.253 e. The molecule has 4 nitrogen and oxygen atoms in total. The van der Waals surface area contributed by atoms with Crippen molar-refractivity contribution in [2.75, 3.05) is 7.05 Å². The molecule has 3 aromatic heterocycles. The third-order valence-corrected chi connectivity index (χ3v) is 6.13. The van der Waals surface area contributed by atoms with E-state index in [2.05, 4.69) is 11.2 Å². The van der Waals surface area contributed by atoms with E-state index in [4.69, 9.17) is 0 Å². The second-order valence-corrected chi connectivity index (χ2v) is 8.33. The molecule has 0 spiro atoms. The summed E-state index contributed by atoms with van der Waals surface area (Å²) in [6.45, 7) is 0.640. The molecule has 0 N–H and O–H groups in total. The minimum Gasteiger partial charge on any atom is -0.337 e. The Morgan fingerprint density at radius 1 is 1.15 bits per heavy atom. The van der Waals surface area contributed by atoms with Gasteiger partial charge >= 0.3 is 0 Å². The van der Waals surface area contributed by atoms with Crippen molar-refractivity contribution in [1.29, 1.82) is 0 Å². The molecule has 0 aliphatic carbocycles. The molecule has 3 heterocycles. The van der Waals surface area contributed by atoms with Gasteiger partial charge in [-0.25, -0.2) is 4.98 Å². The highest BCUT2D eigenvalue weighted by molar-refractivity contribution is 7.98. The van der Waals surface area contributed by atoms with Gasteiger partial charge in [0.1, 0.15) is 5.65 Å². The number of amides is 1. The molecule has 0 aliphatic rings. The van der Waals surface area contributed by atoms with Gasteiger partial charge < -0.3 is 9.30 Å². The zero-order valence-electron chi connectivity index (χ0n) is 14.9. The van der Waals surface area contributed by atoms with Crippen LogP contribution >= 0.6 is 23.1 Å². The predicted octanol–water partition coefficient (Wildman–Crippen LogP) is 4.96. The molecule has 4 rings (SSSR count). The summed E-state index contributed by atoms with van der Waals surface area (Å²) in [5.74, 6) is 0.841. The quantitative estimate of drug-likeness (QED) is 0.435. The molecule has 1 aromatic carbocycles. The van der Waals surface area contributed by atoms with E-state index < -0.39 is 0 Å². The number of thiophene rings is 1. The number of aromatic nitrogens is 2. The average Bonchev–Trinajstić information content (AvgIpc) is 3.35. The number of carbonyl (C=O) groups excluding carboxylic acids is 1. The number of imidazole rings is 1. The predicted molar refractivity (Wildman–Crippen MR) is 111 cm³/mol. The first-order valence-corrected chi connectivity index (χ1v) is 10.5. The van der Waals surface area contributed by atoms with Crippen LogP contribution in [0.3, 0.4) is 0 Å². The van der Waals surface area contributed by atoms with E-state index in [9.17, 15) is 4.79 Å². The van der Waals surface area contributed by atoms with E-state index in [0.717, 1.165) is 22.0 Å². The van der Waals surface area contributed by atoms with Crippen LogP contribution in [0.2, 0.25) is 0 Å². The number of hydrogen-bond acceptors (Lipinski definition) is 4. The topological polar surface area (TPSA) is 37.6 Å². The minimum atomic E-state index is 0.0419. The van der Waals surface area contributed by atoms with E-state index in [1.807, 2.05) is 77.6 Å². The highest BCUT2D eigenvalue weighted by atomic mass is 32.2. The van der Waals surface area contributed by atoms with Crippen LogP contribution in [0, 0.1) is 0 Å². The maximum absolute atomic E-state index is 12.6. The summed E-state index contributed by atoms with van der Waals surface area (Å²) in [4.78, 5) is 21.3. The summed E-state index contributed by atoms with van der Waals surface area (Å²) in [6, 6.07) is 17.9. The second kappa shape index (κ2) is 7.98. The lowest BCUT2D eigenvalue weighted by Crippen LogP contribution is -2.25. The molecule has 136 valence electrons. The lowest BCUT2D eigenvalue weighted by molar-refractivity contribution is 0.0786. The summed E-state index contributed by atoms with van der Waals surface area (Å²) in [7, 11) is 1.84. The van der Waals surface area contributed by atoms with Crippen molar-refractivity contribution in [2.45, 2.75) is 17.2 Å². The Balaban J connectivity index is 1.37. The number of rotatable bonds is 6. The van der Waals surface area contributed by atoms with Gasteiger partial charge in [-0.15, -0.1) is 23.1 Å². The van der Waals surface area contributed by atoms with Crippen LogP contribution < -0.4 is 0 Å². The van der Waals surface area contributed by atoms with Crippen LogP contribution in [0.1, 0.15) is 20.9 Å². The van der Waals surface area contributed by atoms with Crippen molar-refractivity contribution >= 4 is 34.7 Å². The molecule has 0 atom stereocenters. The fourth-order valence-electron chi connectivity index (χ4n) is 2.84. The van der Waals surface area contributed by atoms with Crippen LogP contribution in [0.5, 0.6) is 0 Å². The summed E-state index contributed by atoms with van der Waals surface area (Å²) >= 11 is 3.39. The molecule has 0 fully saturated rings. The molecule has 0 saturated heterocycles. The van der Waals surface area contributed by atoms with E-state index in [1.165, 1.54) is 4.88 Å². The fourth-order valence-corrected chi connectivity index (χ4v) is 4.38. The van der Waals surface area contributed by atoms with E-state index in [0.29, 0.717) is 12.1 Å². The van der Waals surface area contributed by atoms with Gasteiger partial charge in [0.25, 0.3) is 5.91 Å². The van der Waals surface area contributed by atoms with Gasteiger partial charge in [-0.05, 0) is 47.8 Å². The van der Waals surface area contributed by atoms with Gasteiger partial charge in [0, 0.05) is 40.5 Å². The van der Waals surface area contributed by atoms with Gasteiger partial charge in [0.05, 0.1) is 12.2 Å². The Hall–Kier alpha value is -2.57. The van der Waals surface area contributed by atoms with Crippen LogP contribution in [0.25, 0.3) is 5.65 Å². The Morgan fingerprint density at radius 2 is 2.00 bits per heavy atom. The van der Waals surface area contributed by atoms with Crippen LogP contribution in [-0.2, 0) is 12.3 Å². The zero-order chi connectivity index (χ0) is 18.6. The van der Waals surface area contributed by atoms with Crippen molar-refractivity contribution < 1.29 is 4.79 Å². The maximum atomic E-state index is 12.6. The van der Waals surface area contributed by atoms with Crippen LogP contribution in [0.15, 0.2) is 77.3 Å². The van der Waals surface area contributed by atoms with E-state index >= 15 is 0 Å². The number of hydrogen-bond donors (Lipinski definition) is 0. The third kappa shape index (κ3) is 4.23. The van der Waals surface area contributed by atoms with Crippen molar-refractivity contribution in [3.05, 3.63) is 88.5 Å². The van der Waals surface area contributed by atoms with Crippen molar-refractivity contribution in [3.8, 4) is 0 Å². The van der Waals surface area contributed by atoms with Crippen molar-refractivity contribution in [3.63, 3.8) is 0 Å². The minimum absolute atomic E-state index is 0.0419. The Labute approximate surface area is 166 Å². The monoisotopic (exact) mass is 393 g/mol. The lowest BCUT2D eigenvalue weighted by atomic mass is 10.2. The van der Waals surface area contributed by atoms with E-state index in [1.54, 1.807) is 28.0 Å². The molecule has 0 saturated carbocycles. The van der Waals surface area contributed by atoms with Gasteiger partial charge in [-0.2, -0.15) is 0 Å². The molecule has 0 unspecified atom stereocenters. The summed E-state index contributed by atoms with van der Waals surface area (Å²) in [5, 5.41) is 2.03. The molecular weight excluding hydrogens is 374 g/mol. The molecule has 0 bridgehead atoms. The highest BCUT2D eigenvalue weighted by Crippen LogP contribution is 2.23. The largest absolute Gasteiger partial charge is 0.337 e. The molecule has 1 amide bonds. The SMILES string of the molecule is CN(Cc1cccs1)C(=O)c1ccc(SCc2cn3ccccc3n2)cc1. The normalized spacial score (nSPS) is 11.0. The molecule has 4 aromatic rings. The van der Waals surface area contributed by atoms with Crippen molar-refractivity contribution in [2.24, 2.45) is 0 Å². The molecule has 0 radical (unpaired) electrons. The fraction of sp³-hybridized carbons (Fsp3) is 0.143. The van der Waals surface area contributed by atoms with Gasteiger partial charge in [0.2, 0.25) is 0 Å². The Morgan fingerprint density at radius 3 is 2.74 bits per heavy atom. The van der Waals surface area contributed by atoms with Gasteiger partial charge in [0.15, 0.2) is 0 Å². The first-order valence-electron chi connectivity index (χ1n) is 8.62. The highest BCUT2D eigenvalue weighted by Gasteiger charge is 2.12. The molecular formula is C21H19N3OS2. The Bertz CT molecular complexity index is 1010. The van der Waals surface area contributed by atoms with Crippen molar-refractivity contribution in [1.82, 2.24) is 14.3 Å². The number of carbonyl (C=O) groups is 1. The number of pyridine rings is 1. The van der Waals surface area contributed by atoms with Crippen LogP contribution in [-0.4, -0.2) is 27.2 Å². The summed E-state index contributed by atoms with van der Waals surface area (Å²) < 4.78 is 2.03. The van der Waals surface area contributed by atoms with E-state index in [-0.39, 0.29) is 5.91 Å². The molecule has 6 heteroatoms. The number of fused-ring (bicyclic) bond motifs is 1. The lowest BCUT2D eigenvalue weighted by Gasteiger charge is -2.16. The first kappa shape index (κ1) is 17.8. The number of benzene rings is 1. The summed E-state index contributed by atoms with van der Waals surface area (Å²) in [5.41, 5.74) is 2.72. The average molecular weight is 394 g/mol.